The molecule has 0 aliphatic heterocycles. The largest absolute Gasteiger partial charge is 0.464 e. The number of carbonyl (C=O) groups excluding carboxylic acids is 2. The minimum Gasteiger partial charge on any atom is -0.464 e. The van der Waals surface area contributed by atoms with Crippen LogP contribution < -0.4 is 10.2 Å². The first kappa shape index (κ1) is 26.3. The third-order valence-corrected chi connectivity index (χ3v) is 5.27. The maximum Gasteiger partial charge on any atom is 0.328 e. The zero-order chi connectivity index (χ0) is 24.2. The van der Waals surface area contributed by atoms with Crippen LogP contribution in [0.4, 0.5) is 10.1 Å². The van der Waals surface area contributed by atoms with Gasteiger partial charge in [-0.3, -0.25) is 4.79 Å². The van der Waals surface area contributed by atoms with Crippen molar-refractivity contribution in [3.63, 3.8) is 0 Å². The molecule has 0 aliphatic carbocycles. The molecule has 0 aromatic heterocycles. The van der Waals surface area contributed by atoms with Crippen molar-refractivity contribution in [3.8, 4) is 0 Å². The first-order valence-corrected chi connectivity index (χ1v) is 11.1. The van der Waals surface area contributed by atoms with Gasteiger partial charge in [0.2, 0.25) is 5.91 Å². The second-order valence-electron chi connectivity index (χ2n) is 7.85. The monoisotopic (exact) mass is 460 g/mol. The highest BCUT2D eigenvalue weighted by Crippen LogP contribution is 2.17. The predicted octanol–water partition coefficient (Wildman–Crippen LogP) is 2.09. The van der Waals surface area contributed by atoms with E-state index in [1.165, 1.54) is 12.1 Å². The van der Waals surface area contributed by atoms with Gasteiger partial charge < -0.3 is 25.2 Å². The highest BCUT2D eigenvalue weighted by molar-refractivity contribution is 5.86. The molecule has 2 rings (SSSR count). The van der Waals surface area contributed by atoms with Crippen molar-refractivity contribution >= 4 is 17.6 Å². The number of nitrogens with one attached hydrogen (secondary N) is 1. The van der Waals surface area contributed by atoms with Gasteiger partial charge in [0.1, 0.15) is 11.9 Å². The lowest BCUT2D eigenvalue weighted by Crippen LogP contribution is -2.45. The number of halogens is 1. The van der Waals surface area contributed by atoms with Crippen LogP contribution in [0.2, 0.25) is 0 Å². The summed E-state index contributed by atoms with van der Waals surface area (Å²) < 4.78 is 18.3. The van der Waals surface area contributed by atoms with Crippen molar-refractivity contribution in [2.24, 2.45) is 5.92 Å². The van der Waals surface area contributed by atoms with Crippen molar-refractivity contribution in [2.75, 3.05) is 37.8 Å². The predicted molar refractivity (Wildman–Crippen MR) is 124 cm³/mol. The molecular formula is C25H33FN2O5. The average molecular weight is 461 g/mol. The van der Waals surface area contributed by atoms with E-state index < -0.39 is 17.9 Å². The van der Waals surface area contributed by atoms with Gasteiger partial charge >= 0.3 is 5.97 Å². The molecule has 0 saturated carbocycles. The van der Waals surface area contributed by atoms with Crippen LogP contribution in [-0.2, 0) is 27.2 Å². The van der Waals surface area contributed by atoms with Gasteiger partial charge in [-0.15, -0.1) is 0 Å². The highest BCUT2D eigenvalue weighted by atomic mass is 19.1. The average Bonchev–Trinajstić information content (AvgIpc) is 2.80. The van der Waals surface area contributed by atoms with Crippen molar-refractivity contribution < 1.29 is 28.9 Å². The summed E-state index contributed by atoms with van der Waals surface area (Å²) in [5, 5.41) is 21.2. The van der Waals surface area contributed by atoms with Gasteiger partial charge in [0, 0.05) is 31.1 Å². The number of carbonyl (C=O) groups is 2. The first-order valence-electron chi connectivity index (χ1n) is 11.1. The number of aliphatic hydroxyl groups excluding tert-OH is 2. The molecule has 2 aromatic carbocycles. The van der Waals surface area contributed by atoms with E-state index in [0.717, 1.165) is 11.3 Å². The Morgan fingerprint density at radius 1 is 0.970 bits per heavy atom. The van der Waals surface area contributed by atoms with Crippen LogP contribution >= 0.6 is 0 Å². The second-order valence-corrected chi connectivity index (χ2v) is 7.85. The zero-order valence-corrected chi connectivity index (χ0v) is 19.2. The van der Waals surface area contributed by atoms with Gasteiger partial charge in [0.05, 0.1) is 19.8 Å². The molecule has 1 amide bonds. The molecule has 33 heavy (non-hydrogen) atoms. The summed E-state index contributed by atoms with van der Waals surface area (Å²) in [5.41, 5.74) is 2.54. The lowest BCUT2D eigenvalue weighted by Gasteiger charge is -2.23. The van der Waals surface area contributed by atoms with Gasteiger partial charge in [-0.2, -0.15) is 0 Å². The molecule has 0 saturated heterocycles. The Morgan fingerprint density at radius 3 is 2.06 bits per heavy atom. The number of esters is 1. The Kier molecular flexibility index (Phi) is 10.8. The number of hydrogen-bond acceptors (Lipinski definition) is 6. The Morgan fingerprint density at radius 2 is 1.52 bits per heavy atom. The van der Waals surface area contributed by atoms with E-state index in [1.54, 1.807) is 26.0 Å². The number of amides is 1. The molecule has 2 aromatic rings. The molecule has 0 fully saturated rings. The molecule has 0 heterocycles. The van der Waals surface area contributed by atoms with Crippen molar-refractivity contribution in [3.05, 3.63) is 65.5 Å². The third-order valence-electron chi connectivity index (χ3n) is 5.27. The lowest BCUT2D eigenvalue weighted by atomic mass is 9.98. The molecule has 0 unspecified atom stereocenters. The fourth-order valence-electron chi connectivity index (χ4n) is 3.51. The number of ether oxygens (including phenoxy) is 1. The summed E-state index contributed by atoms with van der Waals surface area (Å²) >= 11 is 0. The molecular weight excluding hydrogens is 427 g/mol. The van der Waals surface area contributed by atoms with Crippen LogP contribution in [0.3, 0.4) is 0 Å². The Labute approximate surface area is 194 Å². The number of anilines is 1. The normalized spacial score (nSPS) is 12.6. The van der Waals surface area contributed by atoms with Crippen molar-refractivity contribution in [1.29, 1.82) is 0 Å². The summed E-state index contributed by atoms with van der Waals surface area (Å²) in [7, 11) is 0. The quantitative estimate of drug-likeness (QED) is 0.396. The smallest absolute Gasteiger partial charge is 0.328 e. The summed E-state index contributed by atoms with van der Waals surface area (Å²) in [4.78, 5) is 27.1. The van der Waals surface area contributed by atoms with Gasteiger partial charge in [-0.05, 0) is 48.7 Å². The fourth-order valence-corrected chi connectivity index (χ4v) is 3.51. The van der Waals surface area contributed by atoms with Gasteiger partial charge in [0.15, 0.2) is 0 Å². The molecule has 0 spiro atoms. The molecule has 0 aliphatic rings. The molecule has 8 heteroatoms. The maximum absolute atomic E-state index is 13.2. The second kappa shape index (κ2) is 13.5. The van der Waals surface area contributed by atoms with E-state index >= 15 is 0 Å². The minimum absolute atomic E-state index is 0.0154. The van der Waals surface area contributed by atoms with Crippen LogP contribution in [0.25, 0.3) is 0 Å². The standard InChI is InChI=1S/C25H33FN2O5/c1-3-33-25(32)23(17-20-4-8-21(26)9-5-20)27-24(31)18(2)16-19-6-10-22(11-7-19)28(12-14-29)13-15-30/h4-11,18,23,29-30H,3,12-17H2,1-2H3,(H,27,31)/t18-,23-/m0/s1. The summed E-state index contributed by atoms with van der Waals surface area (Å²) in [6.45, 7) is 4.48. The van der Waals surface area contributed by atoms with Crippen molar-refractivity contribution in [2.45, 2.75) is 32.7 Å². The molecule has 2 atom stereocenters. The minimum atomic E-state index is -0.863. The van der Waals surface area contributed by atoms with E-state index in [-0.39, 0.29) is 38.0 Å². The fraction of sp³-hybridized carbons (Fsp3) is 0.440. The SMILES string of the molecule is CCOC(=O)[C@H](Cc1ccc(F)cc1)NC(=O)[C@@H](C)Cc1ccc(N(CCO)CCO)cc1. The Balaban J connectivity index is 2.02. The van der Waals surface area contributed by atoms with Crippen LogP contribution in [0.15, 0.2) is 48.5 Å². The van der Waals surface area contributed by atoms with Crippen LogP contribution in [0.5, 0.6) is 0 Å². The Bertz CT molecular complexity index is 867. The third kappa shape index (κ3) is 8.47. The molecule has 180 valence electrons. The van der Waals surface area contributed by atoms with E-state index in [2.05, 4.69) is 5.32 Å². The zero-order valence-electron chi connectivity index (χ0n) is 19.2. The van der Waals surface area contributed by atoms with E-state index in [4.69, 9.17) is 4.74 Å². The summed E-state index contributed by atoms with van der Waals surface area (Å²) in [6, 6.07) is 12.5. The van der Waals surface area contributed by atoms with Crippen molar-refractivity contribution in [1.82, 2.24) is 5.32 Å². The topological polar surface area (TPSA) is 99.1 Å². The van der Waals surface area contributed by atoms with Gasteiger partial charge in [0.25, 0.3) is 0 Å². The molecule has 3 N–H and O–H groups in total. The van der Waals surface area contributed by atoms with Gasteiger partial charge in [-0.25, -0.2) is 9.18 Å². The number of rotatable bonds is 13. The summed E-state index contributed by atoms with van der Waals surface area (Å²) in [6.07, 6.45) is 0.677. The van der Waals surface area contributed by atoms with E-state index in [9.17, 15) is 24.2 Å². The van der Waals surface area contributed by atoms with Crippen LogP contribution in [-0.4, -0.2) is 61.0 Å². The lowest BCUT2D eigenvalue weighted by molar-refractivity contribution is -0.147. The number of benzene rings is 2. The first-order chi connectivity index (χ1) is 15.9. The number of nitrogens with zero attached hydrogens (tertiary/aromatic N) is 1. The van der Waals surface area contributed by atoms with Gasteiger partial charge in [-0.1, -0.05) is 31.2 Å². The van der Waals surface area contributed by atoms with Crippen LogP contribution in [0, 0.1) is 11.7 Å². The van der Waals surface area contributed by atoms with E-state index in [1.807, 2.05) is 29.2 Å². The number of aliphatic hydroxyl groups is 2. The maximum atomic E-state index is 13.2. The van der Waals surface area contributed by atoms with Crippen LogP contribution in [0.1, 0.15) is 25.0 Å². The summed E-state index contributed by atoms with van der Waals surface area (Å²) in [5.74, 6) is -1.57. The number of hydrogen-bond donors (Lipinski definition) is 3. The van der Waals surface area contributed by atoms with E-state index in [0.29, 0.717) is 25.1 Å². The molecule has 0 radical (unpaired) electrons. The Hall–Kier alpha value is -2.97. The highest BCUT2D eigenvalue weighted by Gasteiger charge is 2.25. The molecule has 0 bridgehead atoms. The molecule has 7 nitrogen and oxygen atoms in total.